The third kappa shape index (κ3) is 5.46. The van der Waals surface area contributed by atoms with E-state index in [9.17, 15) is 9.59 Å². The third-order valence-electron chi connectivity index (χ3n) is 8.53. The van der Waals surface area contributed by atoms with Gasteiger partial charge in [-0.2, -0.15) is 4.98 Å². The van der Waals surface area contributed by atoms with Gasteiger partial charge in [0.1, 0.15) is 17.1 Å². The summed E-state index contributed by atoms with van der Waals surface area (Å²) in [6.07, 6.45) is -2.35. The summed E-state index contributed by atoms with van der Waals surface area (Å²) in [5.74, 6) is -2.24. The highest BCUT2D eigenvalue weighted by atomic mass is 19.2. The molecule has 10 nitrogen and oxygen atoms in total. The Morgan fingerprint density at radius 2 is 1.40 bits per heavy atom. The van der Waals surface area contributed by atoms with E-state index in [1.54, 1.807) is 68.8 Å². The zero-order chi connectivity index (χ0) is 33.3. The number of aromatic nitrogens is 2. The lowest BCUT2D eigenvalue weighted by Gasteiger charge is -2.41. The first-order valence-corrected chi connectivity index (χ1v) is 15.2. The van der Waals surface area contributed by atoms with Crippen molar-refractivity contribution in [2.24, 2.45) is 0 Å². The largest absolute Gasteiger partial charge is 0.497 e. The zero-order valence-corrected chi connectivity index (χ0v) is 26.0. The predicted octanol–water partition coefficient (Wildman–Crippen LogP) is 5.45. The number of rotatable bonds is 10. The normalized spacial score (nSPS) is 21.1. The molecule has 4 atom stereocenters. The molecular formula is C37H31FN2O8. The third-order valence-corrected chi connectivity index (χ3v) is 8.53. The highest BCUT2D eigenvalue weighted by Crippen LogP contribution is 2.51. The van der Waals surface area contributed by atoms with E-state index in [1.807, 2.05) is 54.6 Å². The van der Waals surface area contributed by atoms with Gasteiger partial charge in [0, 0.05) is 12.3 Å². The number of benzene rings is 4. The Labute approximate surface area is 275 Å². The second kappa shape index (κ2) is 12.6. The van der Waals surface area contributed by atoms with Gasteiger partial charge in [0.2, 0.25) is 0 Å². The Balaban J connectivity index is 1.38. The molecule has 0 saturated carbocycles. The molecule has 2 aliphatic heterocycles. The van der Waals surface area contributed by atoms with Gasteiger partial charge in [-0.15, -0.1) is 0 Å². The maximum atomic E-state index is 17.6. The number of esters is 1. The first kappa shape index (κ1) is 31.1. The number of ether oxygens (including phenoxy) is 6. The summed E-state index contributed by atoms with van der Waals surface area (Å²) in [4.78, 5) is 29.1. The molecule has 244 valence electrons. The van der Waals surface area contributed by atoms with Crippen molar-refractivity contribution in [2.75, 3.05) is 20.8 Å². The summed E-state index contributed by atoms with van der Waals surface area (Å²) < 4.78 is 54.7. The van der Waals surface area contributed by atoms with Crippen molar-refractivity contribution in [3.63, 3.8) is 0 Å². The number of fused-ring (bicyclic) bond motifs is 3. The minimum absolute atomic E-state index is 0.0476. The van der Waals surface area contributed by atoms with E-state index in [0.717, 1.165) is 0 Å². The second-order valence-electron chi connectivity index (χ2n) is 11.3. The lowest BCUT2D eigenvalue weighted by molar-refractivity contribution is -0.233. The fourth-order valence-corrected chi connectivity index (χ4v) is 6.18. The monoisotopic (exact) mass is 650 g/mol. The topological polar surface area (TPSA) is 107 Å². The minimum Gasteiger partial charge on any atom is -0.497 e. The van der Waals surface area contributed by atoms with Gasteiger partial charge in [-0.1, -0.05) is 72.8 Å². The molecule has 1 aromatic heterocycles. The molecule has 2 aliphatic rings. The summed E-state index contributed by atoms with van der Waals surface area (Å²) in [5, 5.41) is 0. The number of carbonyl (C=O) groups is 1. The van der Waals surface area contributed by atoms with Crippen molar-refractivity contribution in [1.29, 1.82) is 0 Å². The van der Waals surface area contributed by atoms with E-state index in [2.05, 4.69) is 4.98 Å². The van der Waals surface area contributed by atoms with Gasteiger partial charge in [-0.05, 0) is 53.1 Å². The fraction of sp³-hybridized carbons (Fsp3) is 0.216. The molecule has 1 fully saturated rings. The van der Waals surface area contributed by atoms with Crippen LogP contribution in [0.5, 0.6) is 17.5 Å². The summed E-state index contributed by atoms with van der Waals surface area (Å²) in [7, 11) is 3.13. The number of alkyl halides is 1. The average molecular weight is 651 g/mol. The second-order valence-corrected chi connectivity index (χ2v) is 11.3. The SMILES string of the molecule is COc1ccc(C(O[C@H]2C3Oc4nc(=O)ccn4[C@@H]3O[C@]2(F)COC(=O)c2ccccc2)(c2ccccc2)c2ccc(OC)cc2)cc1. The summed E-state index contributed by atoms with van der Waals surface area (Å²) in [6.45, 7) is -0.819. The maximum absolute atomic E-state index is 17.6. The van der Waals surface area contributed by atoms with E-state index in [4.69, 9.17) is 28.4 Å². The van der Waals surface area contributed by atoms with E-state index in [1.165, 1.54) is 16.8 Å². The smallest absolute Gasteiger partial charge is 0.338 e. The molecule has 0 amide bonds. The molecule has 48 heavy (non-hydrogen) atoms. The summed E-state index contributed by atoms with van der Waals surface area (Å²) >= 11 is 0. The van der Waals surface area contributed by atoms with Crippen LogP contribution in [0.25, 0.3) is 0 Å². The Kier molecular flexibility index (Phi) is 8.16. The van der Waals surface area contributed by atoms with Gasteiger partial charge in [0.15, 0.2) is 25.0 Å². The van der Waals surface area contributed by atoms with Gasteiger partial charge < -0.3 is 28.4 Å². The molecule has 0 bridgehead atoms. The number of halogens is 1. The van der Waals surface area contributed by atoms with Crippen LogP contribution in [0, 0.1) is 0 Å². The zero-order valence-electron chi connectivity index (χ0n) is 26.0. The van der Waals surface area contributed by atoms with Gasteiger partial charge in [0.05, 0.1) is 19.8 Å². The van der Waals surface area contributed by atoms with Gasteiger partial charge in [-0.25, -0.2) is 9.18 Å². The summed E-state index contributed by atoms with van der Waals surface area (Å²) in [6, 6.07) is 33.3. The van der Waals surface area contributed by atoms with Crippen molar-refractivity contribution in [2.45, 2.75) is 29.9 Å². The predicted molar refractivity (Wildman–Crippen MR) is 171 cm³/mol. The number of carbonyl (C=O) groups excluding carboxylic acids is 1. The molecular weight excluding hydrogens is 619 g/mol. The Bertz CT molecular complexity index is 1910. The molecule has 0 radical (unpaired) electrons. The van der Waals surface area contributed by atoms with Crippen molar-refractivity contribution in [3.8, 4) is 17.5 Å². The first-order chi connectivity index (χ1) is 23.3. The summed E-state index contributed by atoms with van der Waals surface area (Å²) in [5.41, 5.74) is 0.163. The van der Waals surface area contributed by atoms with Crippen LogP contribution in [0.3, 0.4) is 0 Å². The highest BCUT2D eigenvalue weighted by molar-refractivity contribution is 5.89. The molecule has 0 aliphatic carbocycles. The fourth-order valence-electron chi connectivity index (χ4n) is 6.18. The maximum Gasteiger partial charge on any atom is 0.338 e. The Hall–Kier alpha value is -5.52. The molecule has 0 N–H and O–H groups in total. The molecule has 5 aromatic rings. The van der Waals surface area contributed by atoms with E-state index in [-0.39, 0.29) is 11.6 Å². The van der Waals surface area contributed by atoms with E-state index >= 15 is 4.39 Å². The van der Waals surface area contributed by atoms with E-state index in [0.29, 0.717) is 28.2 Å². The highest BCUT2D eigenvalue weighted by Gasteiger charge is 2.65. The van der Waals surface area contributed by atoms with E-state index < -0.39 is 48.0 Å². The van der Waals surface area contributed by atoms with Crippen LogP contribution in [0.2, 0.25) is 0 Å². The van der Waals surface area contributed by atoms with Crippen molar-refractivity contribution < 1.29 is 37.6 Å². The van der Waals surface area contributed by atoms with Crippen molar-refractivity contribution >= 4 is 5.97 Å². The average Bonchev–Trinajstić information content (AvgIpc) is 3.61. The van der Waals surface area contributed by atoms with Crippen molar-refractivity contribution in [3.05, 3.63) is 154 Å². The number of methoxy groups -OCH3 is 2. The molecule has 4 aromatic carbocycles. The standard InChI is InChI=1S/C37H31FN2O8/c1-43-28-17-13-26(14-18-28)37(25-11-7-4-8-12-25,27-15-19-29(44-2)20-16-27)47-32-31-33(40-22-21-30(41)39-35(40)46-31)48-36(32,38)23-45-34(42)24-9-5-3-6-10-24/h3-22,31-33H,23H2,1-2H3/t31?,32-,33+,36+/m0/s1. The van der Waals surface area contributed by atoms with Crippen LogP contribution in [-0.4, -0.2) is 54.4 Å². The van der Waals surface area contributed by atoms with Gasteiger partial charge in [-0.3, -0.25) is 9.36 Å². The number of nitrogens with zero attached hydrogens (tertiary/aromatic N) is 2. The molecule has 3 heterocycles. The van der Waals surface area contributed by atoms with Crippen LogP contribution < -0.4 is 19.8 Å². The van der Waals surface area contributed by atoms with Crippen LogP contribution >= 0.6 is 0 Å². The lowest BCUT2D eigenvalue weighted by Crippen LogP contribution is -2.51. The van der Waals surface area contributed by atoms with Crippen molar-refractivity contribution in [1.82, 2.24) is 9.55 Å². The molecule has 1 unspecified atom stereocenters. The first-order valence-electron chi connectivity index (χ1n) is 15.2. The number of hydrogen-bond acceptors (Lipinski definition) is 9. The van der Waals surface area contributed by atoms with Crippen LogP contribution in [0.1, 0.15) is 33.3 Å². The van der Waals surface area contributed by atoms with Crippen LogP contribution in [0.15, 0.2) is 126 Å². The molecule has 0 spiro atoms. The molecule has 7 rings (SSSR count). The van der Waals surface area contributed by atoms with Crippen LogP contribution in [0.4, 0.5) is 4.39 Å². The quantitative estimate of drug-likeness (QED) is 0.144. The number of hydrogen-bond donors (Lipinski definition) is 0. The lowest BCUT2D eigenvalue weighted by atomic mass is 9.79. The van der Waals surface area contributed by atoms with Gasteiger partial charge >= 0.3 is 12.0 Å². The van der Waals surface area contributed by atoms with Gasteiger partial charge in [0.25, 0.3) is 11.4 Å². The Morgan fingerprint density at radius 3 is 1.98 bits per heavy atom. The minimum atomic E-state index is -2.72. The molecule has 1 saturated heterocycles. The van der Waals surface area contributed by atoms with Crippen LogP contribution in [-0.2, 0) is 19.8 Å². The molecule has 11 heteroatoms. The Morgan fingerprint density at radius 1 is 0.833 bits per heavy atom.